The summed E-state index contributed by atoms with van der Waals surface area (Å²) < 4.78 is 6.24. The highest BCUT2D eigenvalue weighted by Gasteiger charge is 2.52. The molecule has 0 N–H and O–H groups in total. The summed E-state index contributed by atoms with van der Waals surface area (Å²) in [5.74, 6) is -2.03. The van der Waals surface area contributed by atoms with E-state index in [4.69, 9.17) is 4.52 Å². The Bertz CT molecular complexity index is 880. The van der Waals surface area contributed by atoms with Crippen LogP contribution in [0.3, 0.4) is 0 Å². The molecule has 136 valence electrons. The summed E-state index contributed by atoms with van der Waals surface area (Å²) in [4.78, 5) is 38.6. The van der Waals surface area contributed by atoms with Gasteiger partial charge < -0.3 is 4.52 Å². The Hall–Kier alpha value is -2.28. The van der Waals surface area contributed by atoms with Gasteiger partial charge in [-0.05, 0) is 24.6 Å². The molecule has 26 heavy (non-hydrogen) atoms. The van der Waals surface area contributed by atoms with E-state index in [1.165, 1.54) is 11.8 Å². The molecule has 7 heteroatoms. The molecule has 2 atom stereocenters. The minimum absolute atomic E-state index is 0.241. The summed E-state index contributed by atoms with van der Waals surface area (Å²) in [5, 5.41) is 3.99. The van der Waals surface area contributed by atoms with Gasteiger partial charge in [-0.15, -0.1) is 0 Å². The van der Waals surface area contributed by atoms with Crippen LogP contribution in [-0.2, 0) is 19.8 Å². The fourth-order valence-electron chi connectivity index (χ4n) is 3.06. The van der Waals surface area contributed by atoms with Crippen LogP contribution in [0.4, 0.5) is 5.82 Å². The largest absolute Gasteiger partial charge is 0.359 e. The van der Waals surface area contributed by atoms with Gasteiger partial charge in [0.1, 0.15) is 17.5 Å². The van der Waals surface area contributed by atoms with Crippen LogP contribution < -0.4 is 4.90 Å². The van der Waals surface area contributed by atoms with Crippen LogP contribution in [-0.4, -0.2) is 22.6 Å². The maximum Gasteiger partial charge on any atom is 0.297 e. The summed E-state index contributed by atoms with van der Waals surface area (Å²) in [6.45, 7) is 7.20. The number of hydrogen-bond acceptors (Lipinski definition) is 5. The predicted molar refractivity (Wildman–Crippen MR) is 98.8 cm³/mol. The zero-order valence-corrected chi connectivity index (χ0v) is 16.5. The molecule has 2 aromatic rings. The van der Waals surface area contributed by atoms with Crippen LogP contribution in [0, 0.1) is 5.92 Å². The first-order valence-electron chi connectivity index (χ1n) is 8.22. The molecule has 1 aliphatic rings. The average molecular weight is 419 g/mol. The lowest BCUT2D eigenvalue weighted by Crippen LogP contribution is -2.30. The number of carbonyl (C=O) groups is 3. The first-order chi connectivity index (χ1) is 12.1. The molecule has 0 saturated carbocycles. The fourth-order valence-corrected chi connectivity index (χ4v) is 3.32. The van der Waals surface area contributed by atoms with Crippen molar-refractivity contribution in [2.75, 3.05) is 4.90 Å². The van der Waals surface area contributed by atoms with Gasteiger partial charge in [-0.2, -0.15) is 0 Å². The Morgan fingerprint density at radius 2 is 1.81 bits per heavy atom. The summed E-state index contributed by atoms with van der Waals surface area (Å²) in [7, 11) is 0. The van der Waals surface area contributed by atoms with E-state index in [0.717, 1.165) is 4.47 Å². The topological polar surface area (TPSA) is 80.5 Å². The average Bonchev–Trinajstić information content (AvgIpc) is 3.12. The smallest absolute Gasteiger partial charge is 0.297 e. The number of aromatic nitrogens is 1. The molecule has 1 aliphatic heterocycles. The summed E-state index contributed by atoms with van der Waals surface area (Å²) >= 11 is 3.37. The third-order valence-electron chi connectivity index (χ3n) is 4.44. The minimum Gasteiger partial charge on any atom is -0.359 e. The van der Waals surface area contributed by atoms with Crippen LogP contribution in [0.15, 0.2) is 39.3 Å². The van der Waals surface area contributed by atoms with Gasteiger partial charge in [0.05, 0.1) is 6.04 Å². The number of rotatable bonds is 3. The quantitative estimate of drug-likeness (QED) is 0.561. The summed E-state index contributed by atoms with van der Waals surface area (Å²) in [6.07, 6.45) is 0. The van der Waals surface area contributed by atoms with E-state index in [0.29, 0.717) is 11.3 Å². The Balaban J connectivity index is 2.12. The number of amides is 1. The lowest BCUT2D eigenvalue weighted by Gasteiger charge is -2.24. The van der Waals surface area contributed by atoms with Gasteiger partial charge in [0.2, 0.25) is 5.78 Å². The molecule has 1 amide bonds. The van der Waals surface area contributed by atoms with E-state index < -0.39 is 23.7 Å². The molecule has 0 aliphatic carbocycles. The molecule has 3 rings (SSSR count). The third kappa shape index (κ3) is 3.11. The Kier molecular flexibility index (Phi) is 4.60. The van der Waals surface area contributed by atoms with E-state index in [2.05, 4.69) is 21.1 Å². The molecule has 6 nitrogen and oxygen atoms in total. The molecular formula is C19H19BrN2O4. The lowest BCUT2D eigenvalue weighted by atomic mass is 9.90. The fraction of sp³-hybridized carbons (Fsp3) is 0.368. The van der Waals surface area contributed by atoms with Gasteiger partial charge >= 0.3 is 0 Å². The van der Waals surface area contributed by atoms with Gasteiger partial charge in [-0.25, -0.2) is 0 Å². The molecule has 2 heterocycles. The monoisotopic (exact) mass is 418 g/mol. The van der Waals surface area contributed by atoms with Crippen molar-refractivity contribution in [2.45, 2.75) is 39.2 Å². The molecular weight excluding hydrogens is 400 g/mol. The molecule has 0 radical (unpaired) electrons. The van der Waals surface area contributed by atoms with Crippen LogP contribution in [0.5, 0.6) is 0 Å². The number of ketones is 2. The molecule has 1 fully saturated rings. The molecule has 0 spiro atoms. The Labute approximate surface area is 159 Å². The van der Waals surface area contributed by atoms with Crippen LogP contribution in [0.1, 0.15) is 45.1 Å². The highest BCUT2D eigenvalue weighted by Crippen LogP contribution is 2.41. The van der Waals surface area contributed by atoms with Crippen molar-refractivity contribution in [3.05, 3.63) is 46.1 Å². The summed E-state index contributed by atoms with van der Waals surface area (Å²) in [5.41, 5.74) is 0.387. The number of halogens is 1. The van der Waals surface area contributed by atoms with E-state index in [9.17, 15) is 14.4 Å². The van der Waals surface area contributed by atoms with Crippen molar-refractivity contribution < 1.29 is 18.9 Å². The van der Waals surface area contributed by atoms with Crippen molar-refractivity contribution in [2.24, 2.45) is 5.92 Å². The second-order valence-electron chi connectivity index (χ2n) is 7.42. The number of Topliss-reactive ketones (excluding diaryl/α,β-unsaturated/α-hetero) is 2. The van der Waals surface area contributed by atoms with E-state index in [-0.39, 0.29) is 17.0 Å². The van der Waals surface area contributed by atoms with Crippen LogP contribution in [0.2, 0.25) is 0 Å². The van der Waals surface area contributed by atoms with Gasteiger partial charge in [-0.1, -0.05) is 54.0 Å². The molecule has 1 saturated heterocycles. The SMILES string of the molecule is CC(=O)C1C(=O)C(=O)N(c2cc(C(C)(C)C)on2)C1c1ccc(Br)cc1. The summed E-state index contributed by atoms with van der Waals surface area (Å²) in [6, 6.07) is 8.10. The van der Waals surface area contributed by atoms with Crippen molar-refractivity contribution in [1.29, 1.82) is 0 Å². The molecule has 1 aromatic carbocycles. The molecule has 0 bridgehead atoms. The lowest BCUT2D eigenvalue weighted by molar-refractivity contribution is -0.138. The zero-order valence-electron chi connectivity index (χ0n) is 14.9. The van der Waals surface area contributed by atoms with Gasteiger partial charge in [0, 0.05) is 16.0 Å². The number of nitrogens with zero attached hydrogens (tertiary/aromatic N) is 2. The standard InChI is InChI=1S/C19H19BrN2O4/c1-10(23)15-16(11-5-7-12(20)8-6-11)22(18(25)17(15)24)14-9-13(26-21-14)19(2,3)4/h5-9,15-16H,1-4H3. The first-order valence-corrected chi connectivity index (χ1v) is 9.01. The van der Waals surface area contributed by atoms with Crippen molar-refractivity contribution in [3.8, 4) is 0 Å². The number of hydrogen-bond donors (Lipinski definition) is 0. The van der Waals surface area contributed by atoms with Gasteiger partial charge in [0.15, 0.2) is 5.82 Å². The van der Waals surface area contributed by atoms with E-state index >= 15 is 0 Å². The Morgan fingerprint density at radius 1 is 1.19 bits per heavy atom. The van der Waals surface area contributed by atoms with E-state index in [1.54, 1.807) is 30.3 Å². The van der Waals surface area contributed by atoms with E-state index in [1.807, 2.05) is 20.8 Å². The zero-order chi connectivity index (χ0) is 19.2. The maximum atomic E-state index is 12.7. The normalized spacial score (nSPS) is 20.7. The molecule has 2 unspecified atom stereocenters. The van der Waals surface area contributed by atoms with Gasteiger partial charge in [-0.3, -0.25) is 19.3 Å². The third-order valence-corrected chi connectivity index (χ3v) is 4.97. The number of carbonyl (C=O) groups excluding carboxylic acids is 3. The minimum atomic E-state index is -1.06. The van der Waals surface area contributed by atoms with Crippen molar-refractivity contribution in [3.63, 3.8) is 0 Å². The first kappa shape index (κ1) is 18.5. The Morgan fingerprint density at radius 3 is 2.31 bits per heavy atom. The number of benzene rings is 1. The van der Waals surface area contributed by atoms with Crippen molar-refractivity contribution in [1.82, 2.24) is 5.16 Å². The highest BCUT2D eigenvalue weighted by molar-refractivity contribution is 9.10. The van der Waals surface area contributed by atoms with Crippen molar-refractivity contribution >= 4 is 39.2 Å². The maximum absolute atomic E-state index is 12.7. The van der Waals surface area contributed by atoms with Crippen LogP contribution in [0.25, 0.3) is 0 Å². The predicted octanol–water partition coefficient (Wildman–Crippen LogP) is 3.60. The highest BCUT2D eigenvalue weighted by atomic mass is 79.9. The van der Waals surface area contributed by atoms with Gasteiger partial charge in [0.25, 0.3) is 5.91 Å². The second kappa shape index (κ2) is 6.46. The van der Waals surface area contributed by atoms with Crippen LogP contribution >= 0.6 is 15.9 Å². The number of anilines is 1. The second-order valence-corrected chi connectivity index (χ2v) is 8.34. The molecule has 1 aromatic heterocycles.